The Morgan fingerprint density at radius 3 is 2.70 bits per heavy atom. The van der Waals surface area contributed by atoms with Crippen LogP contribution in [0.25, 0.3) is 10.4 Å². The number of ketones is 1. The van der Waals surface area contributed by atoms with E-state index in [2.05, 4.69) is 0 Å². The molecule has 3 heterocycles. The standard InChI is InChI=1S/C23H23N3O6S/c1-12(2)9-26-20(24)18(21(28)25(3)23(26)30)15(27)11-32-22(29)17-8-13-10-31-16-7-5-4-6-14(16)19(13)33-17/h4-8,12H,9-11,24H2,1-3H3. The topological polar surface area (TPSA) is 123 Å². The minimum atomic E-state index is -0.820. The van der Waals surface area contributed by atoms with Crippen LogP contribution in [-0.4, -0.2) is 27.5 Å². The Hall–Kier alpha value is -3.66. The van der Waals surface area contributed by atoms with Crippen molar-refractivity contribution in [3.05, 3.63) is 67.2 Å². The summed E-state index contributed by atoms with van der Waals surface area (Å²) in [6, 6.07) is 9.21. The van der Waals surface area contributed by atoms with Gasteiger partial charge in [0, 0.05) is 29.6 Å². The Morgan fingerprint density at radius 1 is 1.24 bits per heavy atom. The van der Waals surface area contributed by atoms with Crippen molar-refractivity contribution in [1.82, 2.24) is 9.13 Å². The Morgan fingerprint density at radius 2 is 1.97 bits per heavy atom. The lowest BCUT2D eigenvalue weighted by Gasteiger charge is -2.16. The molecule has 0 unspecified atom stereocenters. The number of ether oxygens (including phenoxy) is 2. The first-order valence-electron chi connectivity index (χ1n) is 10.3. The van der Waals surface area contributed by atoms with Gasteiger partial charge in [0.1, 0.15) is 28.6 Å². The van der Waals surface area contributed by atoms with Crippen molar-refractivity contribution in [3.63, 3.8) is 0 Å². The summed E-state index contributed by atoms with van der Waals surface area (Å²) >= 11 is 1.25. The Labute approximate surface area is 193 Å². The third kappa shape index (κ3) is 4.09. The van der Waals surface area contributed by atoms with E-state index in [1.807, 2.05) is 38.1 Å². The number of nitrogens with two attached hydrogens (primary N) is 1. The lowest BCUT2D eigenvalue weighted by molar-refractivity contribution is 0.0479. The summed E-state index contributed by atoms with van der Waals surface area (Å²) in [7, 11) is 1.28. The van der Waals surface area contributed by atoms with Crippen LogP contribution in [0.3, 0.4) is 0 Å². The van der Waals surface area contributed by atoms with Gasteiger partial charge in [-0.15, -0.1) is 11.3 Å². The number of nitrogen functional groups attached to an aromatic ring is 1. The summed E-state index contributed by atoms with van der Waals surface area (Å²) in [5, 5.41) is 0. The lowest BCUT2D eigenvalue weighted by atomic mass is 10.1. The summed E-state index contributed by atoms with van der Waals surface area (Å²) in [5.74, 6) is -0.884. The number of nitrogens with zero attached hydrogens (tertiary/aromatic N) is 2. The Bertz CT molecular complexity index is 1380. The summed E-state index contributed by atoms with van der Waals surface area (Å²) < 4.78 is 12.9. The van der Waals surface area contributed by atoms with Crippen molar-refractivity contribution in [2.45, 2.75) is 27.0 Å². The molecule has 1 aliphatic rings. The van der Waals surface area contributed by atoms with E-state index < -0.39 is 29.6 Å². The summed E-state index contributed by atoms with van der Waals surface area (Å²) in [5.41, 5.74) is 5.97. The van der Waals surface area contributed by atoms with Crippen LogP contribution in [0.4, 0.5) is 5.82 Å². The fraction of sp³-hybridized carbons (Fsp3) is 0.304. The number of anilines is 1. The van der Waals surface area contributed by atoms with Crippen LogP contribution in [0, 0.1) is 5.92 Å². The van der Waals surface area contributed by atoms with Crippen LogP contribution in [0.5, 0.6) is 5.75 Å². The maximum Gasteiger partial charge on any atom is 0.348 e. The predicted octanol–water partition coefficient (Wildman–Crippen LogP) is 2.45. The largest absolute Gasteiger partial charge is 0.488 e. The van der Waals surface area contributed by atoms with Crippen LogP contribution in [0.1, 0.15) is 39.4 Å². The van der Waals surface area contributed by atoms with Gasteiger partial charge < -0.3 is 15.2 Å². The highest BCUT2D eigenvalue weighted by molar-refractivity contribution is 7.17. The third-order valence-corrected chi connectivity index (χ3v) is 6.46. The molecule has 3 aromatic rings. The number of Topliss-reactive ketones (excluding diaryl/α,β-unsaturated/α-hetero) is 1. The molecule has 4 rings (SSSR count). The van der Waals surface area contributed by atoms with Gasteiger partial charge in [0.2, 0.25) is 5.78 Å². The average molecular weight is 470 g/mol. The second-order valence-corrected chi connectivity index (χ2v) is 9.21. The number of carbonyl (C=O) groups excluding carboxylic acids is 2. The molecule has 0 amide bonds. The van der Waals surface area contributed by atoms with Gasteiger partial charge in [-0.1, -0.05) is 26.0 Å². The molecule has 1 aliphatic heterocycles. The number of aromatic nitrogens is 2. The number of para-hydroxylation sites is 1. The quantitative estimate of drug-likeness (QED) is 0.434. The van der Waals surface area contributed by atoms with Gasteiger partial charge in [0.05, 0.1) is 0 Å². The maximum absolute atomic E-state index is 12.8. The molecule has 0 aliphatic carbocycles. The van der Waals surface area contributed by atoms with E-state index in [9.17, 15) is 19.2 Å². The lowest BCUT2D eigenvalue weighted by Crippen LogP contribution is -2.43. The molecule has 0 bridgehead atoms. The summed E-state index contributed by atoms with van der Waals surface area (Å²) in [4.78, 5) is 51.6. The molecule has 1 aromatic carbocycles. The Kier molecular flexibility index (Phi) is 5.94. The number of rotatable bonds is 6. The molecule has 0 atom stereocenters. The fourth-order valence-corrected chi connectivity index (χ4v) is 4.75. The zero-order chi connectivity index (χ0) is 23.9. The van der Waals surface area contributed by atoms with Crippen molar-refractivity contribution in [2.24, 2.45) is 13.0 Å². The number of benzene rings is 1. The molecule has 33 heavy (non-hydrogen) atoms. The van der Waals surface area contributed by atoms with Crippen molar-refractivity contribution < 1.29 is 19.1 Å². The van der Waals surface area contributed by atoms with Crippen molar-refractivity contribution in [1.29, 1.82) is 0 Å². The van der Waals surface area contributed by atoms with Crippen molar-refractivity contribution >= 4 is 28.9 Å². The van der Waals surface area contributed by atoms with Crippen molar-refractivity contribution in [2.75, 3.05) is 12.3 Å². The fourth-order valence-electron chi connectivity index (χ4n) is 3.66. The van der Waals surface area contributed by atoms with E-state index in [0.29, 0.717) is 11.5 Å². The first kappa shape index (κ1) is 22.5. The summed E-state index contributed by atoms with van der Waals surface area (Å²) in [6.07, 6.45) is 0. The highest BCUT2D eigenvalue weighted by atomic mass is 32.1. The maximum atomic E-state index is 12.8. The van der Waals surface area contributed by atoms with Crippen LogP contribution in [0.2, 0.25) is 0 Å². The van der Waals surface area contributed by atoms with Crippen LogP contribution in [-0.2, 0) is 24.9 Å². The molecular weight excluding hydrogens is 446 g/mol. The molecule has 2 N–H and O–H groups in total. The minimum absolute atomic E-state index is 0.0576. The SMILES string of the molecule is CC(C)Cn1c(N)c(C(=O)COC(=O)c2cc3c(s2)-c2ccccc2OC3)c(=O)n(C)c1=O. The van der Waals surface area contributed by atoms with E-state index in [1.54, 1.807) is 6.07 Å². The molecule has 10 heteroatoms. The van der Waals surface area contributed by atoms with E-state index in [0.717, 1.165) is 26.3 Å². The molecule has 2 aromatic heterocycles. The number of carbonyl (C=O) groups is 2. The number of hydrogen-bond donors (Lipinski definition) is 1. The van der Waals surface area contributed by atoms with E-state index in [1.165, 1.54) is 23.0 Å². The highest BCUT2D eigenvalue weighted by Crippen LogP contribution is 2.42. The number of hydrogen-bond acceptors (Lipinski definition) is 8. The normalized spacial score (nSPS) is 12.1. The van der Waals surface area contributed by atoms with Crippen LogP contribution < -0.4 is 21.7 Å². The molecule has 0 saturated heterocycles. The average Bonchev–Trinajstić information content (AvgIpc) is 3.24. The van der Waals surface area contributed by atoms with Crippen LogP contribution >= 0.6 is 11.3 Å². The van der Waals surface area contributed by atoms with Gasteiger partial charge in [-0.25, -0.2) is 9.59 Å². The molecular formula is C23H23N3O6S. The van der Waals surface area contributed by atoms with Gasteiger partial charge in [0.15, 0.2) is 6.61 Å². The smallest absolute Gasteiger partial charge is 0.348 e. The third-order valence-electron chi connectivity index (χ3n) is 5.27. The minimum Gasteiger partial charge on any atom is -0.488 e. The first-order chi connectivity index (χ1) is 15.7. The number of fused-ring (bicyclic) bond motifs is 3. The monoisotopic (exact) mass is 469 g/mol. The molecule has 9 nitrogen and oxygen atoms in total. The molecule has 172 valence electrons. The number of esters is 1. The second kappa shape index (κ2) is 8.70. The van der Waals surface area contributed by atoms with Gasteiger partial charge >= 0.3 is 11.7 Å². The van der Waals surface area contributed by atoms with E-state index in [4.69, 9.17) is 15.2 Å². The zero-order valence-corrected chi connectivity index (χ0v) is 19.2. The van der Waals surface area contributed by atoms with Crippen molar-refractivity contribution in [3.8, 4) is 16.2 Å². The van der Waals surface area contributed by atoms with Gasteiger partial charge in [-0.05, 0) is 24.1 Å². The van der Waals surface area contributed by atoms with Crippen LogP contribution in [0.15, 0.2) is 39.9 Å². The highest BCUT2D eigenvalue weighted by Gasteiger charge is 2.26. The molecule has 0 saturated carbocycles. The summed E-state index contributed by atoms with van der Waals surface area (Å²) in [6.45, 7) is 3.66. The second-order valence-electron chi connectivity index (χ2n) is 8.16. The van der Waals surface area contributed by atoms with Gasteiger partial charge in [-0.3, -0.25) is 18.7 Å². The van der Waals surface area contributed by atoms with Gasteiger partial charge in [0.25, 0.3) is 5.56 Å². The van der Waals surface area contributed by atoms with E-state index >= 15 is 0 Å². The number of thiophene rings is 1. The molecule has 0 spiro atoms. The zero-order valence-electron chi connectivity index (χ0n) is 18.4. The molecule has 0 radical (unpaired) electrons. The molecule has 0 fully saturated rings. The Balaban J connectivity index is 1.56. The first-order valence-corrected chi connectivity index (χ1v) is 11.1. The predicted molar refractivity (Wildman–Crippen MR) is 124 cm³/mol. The van der Waals surface area contributed by atoms with E-state index in [-0.39, 0.29) is 23.8 Å². The van der Waals surface area contributed by atoms with Gasteiger partial charge in [-0.2, -0.15) is 0 Å².